The second kappa shape index (κ2) is 7.52. The van der Waals surface area contributed by atoms with Crippen LogP contribution in [0.15, 0.2) is 12.1 Å². The first-order chi connectivity index (χ1) is 9.74. The molecule has 1 unspecified atom stereocenters. The summed E-state index contributed by atoms with van der Waals surface area (Å²) < 4.78 is 11.6. The molecule has 20 heavy (non-hydrogen) atoms. The third-order valence-electron chi connectivity index (χ3n) is 4.08. The standard InChI is InChI=1S/C15H26N2O2S/c1-3-12-5-6-13(20-12)11-14(17-16)15(19-4-2)7-9-18-10-8-15/h5-6,14,17H,3-4,7-11,16H2,1-2H3. The van der Waals surface area contributed by atoms with E-state index in [4.69, 9.17) is 15.3 Å². The van der Waals surface area contributed by atoms with E-state index in [9.17, 15) is 0 Å². The van der Waals surface area contributed by atoms with E-state index in [0.717, 1.165) is 38.9 Å². The van der Waals surface area contributed by atoms with Crippen LogP contribution >= 0.6 is 11.3 Å². The van der Waals surface area contributed by atoms with E-state index in [1.807, 2.05) is 18.3 Å². The molecule has 0 aliphatic carbocycles. The largest absolute Gasteiger partial charge is 0.381 e. The van der Waals surface area contributed by atoms with Crippen LogP contribution in [0.4, 0.5) is 0 Å². The lowest BCUT2D eigenvalue weighted by molar-refractivity contribution is -0.126. The van der Waals surface area contributed by atoms with Crippen LogP contribution in [-0.4, -0.2) is 31.5 Å². The average molecular weight is 298 g/mol. The number of hydrogen-bond acceptors (Lipinski definition) is 5. The minimum atomic E-state index is -0.196. The first-order valence-corrected chi connectivity index (χ1v) is 8.31. The number of aryl methyl sites for hydroxylation is 1. The predicted octanol–water partition coefficient (Wildman–Crippen LogP) is 2.27. The fraction of sp³-hybridized carbons (Fsp3) is 0.733. The molecule has 1 aromatic rings. The number of nitrogens with two attached hydrogens (primary N) is 1. The third-order valence-corrected chi connectivity index (χ3v) is 5.33. The number of thiophene rings is 1. The summed E-state index contributed by atoms with van der Waals surface area (Å²) in [5.74, 6) is 5.84. The van der Waals surface area contributed by atoms with Crippen LogP contribution in [0.25, 0.3) is 0 Å². The molecule has 3 N–H and O–H groups in total. The van der Waals surface area contributed by atoms with Gasteiger partial charge in [-0.2, -0.15) is 0 Å². The van der Waals surface area contributed by atoms with Gasteiger partial charge >= 0.3 is 0 Å². The van der Waals surface area contributed by atoms with Crippen molar-refractivity contribution in [1.82, 2.24) is 5.43 Å². The van der Waals surface area contributed by atoms with E-state index in [1.54, 1.807) is 0 Å². The molecule has 2 rings (SSSR count). The van der Waals surface area contributed by atoms with Gasteiger partial charge in [-0.1, -0.05) is 6.92 Å². The lowest BCUT2D eigenvalue weighted by Gasteiger charge is -2.42. The summed E-state index contributed by atoms with van der Waals surface area (Å²) in [5, 5.41) is 0. The van der Waals surface area contributed by atoms with Crippen molar-refractivity contribution in [2.45, 2.75) is 51.2 Å². The second-order valence-corrected chi connectivity index (χ2v) is 6.51. The Morgan fingerprint density at radius 2 is 2.05 bits per heavy atom. The molecule has 2 heterocycles. The zero-order chi connectivity index (χ0) is 14.4. The van der Waals surface area contributed by atoms with Crippen molar-refractivity contribution < 1.29 is 9.47 Å². The minimum Gasteiger partial charge on any atom is -0.381 e. The van der Waals surface area contributed by atoms with Gasteiger partial charge in [0.25, 0.3) is 0 Å². The number of ether oxygens (including phenoxy) is 2. The zero-order valence-corrected chi connectivity index (χ0v) is 13.3. The molecule has 0 amide bonds. The van der Waals surface area contributed by atoms with E-state index < -0.39 is 0 Å². The van der Waals surface area contributed by atoms with Crippen LogP contribution in [0.2, 0.25) is 0 Å². The lowest BCUT2D eigenvalue weighted by Crippen LogP contribution is -2.58. The monoisotopic (exact) mass is 298 g/mol. The molecular weight excluding hydrogens is 272 g/mol. The first-order valence-electron chi connectivity index (χ1n) is 7.49. The molecule has 0 saturated carbocycles. The van der Waals surface area contributed by atoms with Crippen LogP contribution in [0, 0.1) is 0 Å². The molecule has 1 aliphatic heterocycles. The smallest absolute Gasteiger partial charge is 0.0895 e. The molecule has 1 aliphatic rings. The summed E-state index contributed by atoms with van der Waals surface area (Å²) in [6.07, 6.45) is 3.82. The van der Waals surface area contributed by atoms with Crippen molar-refractivity contribution in [1.29, 1.82) is 0 Å². The molecule has 1 atom stereocenters. The van der Waals surface area contributed by atoms with Crippen LogP contribution in [0.5, 0.6) is 0 Å². The van der Waals surface area contributed by atoms with Crippen LogP contribution < -0.4 is 11.3 Å². The summed E-state index contributed by atoms with van der Waals surface area (Å²) in [4.78, 5) is 2.79. The first kappa shape index (κ1) is 15.9. The molecule has 0 spiro atoms. The number of hydrogen-bond donors (Lipinski definition) is 2. The lowest BCUT2D eigenvalue weighted by atomic mass is 9.84. The molecule has 0 radical (unpaired) electrons. The molecule has 1 fully saturated rings. The third kappa shape index (κ3) is 3.59. The van der Waals surface area contributed by atoms with Crippen LogP contribution in [-0.2, 0) is 22.3 Å². The van der Waals surface area contributed by atoms with Gasteiger partial charge in [-0.05, 0) is 25.5 Å². The SMILES string of the molecule is CCOC1(C(Cc2ccc(CC)s2)NN)CCOCC1. The number of hydrazine groups is 1. The summed E-state index contributed by atoms with van der Waals surface area (Å²) >= 11 is 1.88. The quantitative estimate of drug-likeness (QED) is 0.599. The molecule has 4 nitrogen and oxygen atoms in total. The van der Waals surface area contributed by atoms with Gasteiger partial charge in [0.2, 0.25) is 0 Å². The molecule has 1 aromatic heterocycles. The van der Waals surface area contributed by atoms with Crippen LogP contribution in [0.1, 0.15) is 36.4 Å². The molecule has 114 valence electrons. The fourth-order valence-corrected chi connectivity index (χ4v) is 3.92. The fourth-order valence-electron chi connectivity index (χ4n) is 2.92. The summed E-state index contributed by atoms with van der Waals surface area (Å²) in [6, 6.07) is 4.56. The van der Waals surface area contributed by atoms with Gasteiger partial charge in [0.15, 0.2) is 0 Å². The predicted molar refractivity (Wildman–Crippen MR) is 82.9 cm³/mol. The zero-order valence-electron chi connectivity index (χ0n) is 12.5. The van der Waals surface area contributed by atoms with Gasteiger partial charge in [-0.25, -0.2) is 0 Å². The molecular formula is C15H26N2O2S. The molecule has 0 aromatic carbocycles. The Kier molecular flexibility index (Phi) is 5.99. The minimum absolute atomic E-state index is 0.134. The highest BCUT2D eigenvalue weighted by Crippen LogP contribution is 2.31. The summed E-state index contributed by atoms with van der Waals surface area (Å²) in [5.41, 5.74) is 2.80. The van der Waals surface area contributed by atoms with Crippen molar-refractivity contribution in [3.63, 3.8) is 0 Å². The van der Waals surface area contributed by atoms with Crippen molar-refractivity contribution in [3.8, 4) is 0 Å². The van der Waals surface area contributed by atoms with E-state index >= 15 is 0 Å². The van der Waals surface area contributed by atoms with E-state index in [0.29, 0.717) is 6.61 Å². The highest BCUT2D eigenvalue weighted by molar-refractivity contribution is 7.11. The van der Waals surface area contributed by atoms with E-state index in [1.165, 1.54) is 9.75 Å². The number of nitrogens with one attached hydrogen (secondary N) is 1. The number of rotatable bonds is 7. The van der Waals surface area contributed by atoms with Gasteiger partial charge in [0, 0.05) is 48.8 Å². The van der Waals surface area contributed by atoms with Gasteiger partial charge in [0.05, 0.1) is 11.6 Å². The Labute approximate surface area is 125 Å². The van der Waals surface area contributed by atoms with Gasteiger partial charge in [-0.15, -0.1) is 11.3 Å². The van der Waals surface area contributed by atoms with E-state index in [2.05, 4.69) is 24.5 Å². The van der Waals surface area contributed by atoms with Gasteiger partial charge < -0.3 is 9.47 Å². The molecule has 1 saturated heterocycles. The topological polar surface area (TPSA) is 56.5 Å². The Hall–Kier alpha value is -0.460. The van der Waals surface area contributed by atoms with Crippen LogP contribution in [0.3, 0.4) is 0 Å². The molecule has 5 heteroatoms. The summed E-state index contributed by atoms with van der Waals surface area (Å²) in [6.45, 7) is 6.45. The Morgan fingerprint density at radius 3 is 2.60 bits per heavy atom. The maximum atomic E-state index is 6.11. The Morgan fingerprint density at radius 1 is 1.35 bits per heavy atom. The highest BCUT2D eigenvalue weighted by Gasteiger charge is 2.40. The van der Waals surface area contributed by atoms with E-state index in [-0.39, 0.29) is 11.6 Å². The summed E-state index contributed by atoms with van der Waals surface area (Å²) in [7, 11) is 0. The Balaban J connectivity index is 2.11. The highest BCUT2D eigenvalue weighted by atomic mass is 32.1. The van der Waals surface area contributed by atoms with Crippen molar-refractivity contribution >= 4 is 11.3 Å². The van der Waals surface area contributed by atoms with Crippen molar-refractivity contribution in [3.05, 3.63) is 21.9 Å². The van der Waals surface area contributed by atoms with Gasteiger partial charge in [-0.3, -0.25) is 11.3 Å². The van der Waals surface area contributed by atoms with Gasteiger partial charge in [0.1, 0.15) is 0 Å². The molecule has 0 bridgehead atoms. The maximum absolute atomic E-state index is 6.11. The van der Waals surface area contributed by atoms with Crippen molar-refractivity contribution in [2.24, 2.45) is 5.84 Å². The average Bonchev–Trinajstić information content (AvgIpc) is 2.93. The normalized spacial score (nSPS) is 19.9. The van der Waals surface area contributed by atoms with Crippen molar-refractivity contribution in [2.75, 3.05) is 19.8 Å². The maximum Gasteiger partial charge on any atom is 0.0895 e. The second-order valence-electron chi connectivity index (χ2n) is 5.26. The Bertz CT molecular complexity index is 397.